The molecule has 2 aromatic heterocycles. The normalized spacial score (nSPS) is 14.3. The Morgan fingerprint density at radius 1 is 1.11 bits per heavy atom. The number of fused-ring (bicyclic) bond motifs is 1. The zero-order valence-electron chi connectivity index (χ0n) is 18.5. The van der Waals surface area contributed by atoms with Crippen molar-refractivity contribution in [2.24, 2.45) is 0 Å². The first-order valence-corrected chi connectivity index (χ1v) is 11.7. The van der Waals surface area contributed by atoms with Gasteiger partial charge < -0.3 is 14.6 Å². The Hall–Kier alpha value is -4.09. The number of carbonyl (C=O) groups excluding carboxylic acids is 1. The summed E-state index contributed by atoms with van der Waals surface area (Å²) in [5, 5.41) is 12.2. The highest BCUT2D eigenvalue weighted by Gasteiger charge is 2.25. The van der Waals surface area contributed by atoms with Gasteiger partial charge in [0.05, 0.1) is 39.6 Å². The average Bonchev–Trinajstić information content (AvgIpc) is 3.32. The highest BCUT2D eigenvalue weighted by atomic mass is 32.2. The molecule has 176 valence electrons. The van der Waals surface area contributed by atoms with Crippen molar-refractivity contribution in [3.8, 4) is 0 Å². The molecule has 1 aliphatic heterocycles. The zero-order valence-corrected chi connectivity index (χ0v) is 19.3. The number of nitro benzene ring substituents is 1. The molecule has 4 aromatic rings. The SMILES string of the molecule is O=C(/C(=C/c1ccc(Sc2ncccn2)c([N+](=O)[O-])c1)c1nc2ccccc2[nH]1)N1CCOCC1. The number of para-hydroxylation sites is 2. The smallest absolute Gasteiger partial charge is 0.283 e. The van der Waals surface area contributed by atoms with Crippen LogP contribution in [0.15, 0.2) is 71.0 Å². The van der Waals surface area contributed by atoms with E-state index in [2.05, 4.69) is 19.9 Å². The molecule has 0 saturated carbocycles. The van der Waals surface area contributed by atoms with Crippen molar-refractivity contribution in [1.82, 2.24) is 24.8 Å². The lowest BCUT2D eigenvalue weighted by Crippen LogP contribution is -2.41. The highest BCUT2D eigenvalue weighted by Crippen LogP contribution is 2.34. The lowest BCUT2D eigenvalue weighted by Gasteiger charge is -2.27. The second-order valence-electron chi connectivity index (χ2n) is 7.68. The molecule has 3 heterocycles. The second kappa shape index (κ2) is 10.0. The molecule has 10 nitrogen and oxygen atoms in total. The summed E-state index contributed by atoms with van der Waals surface area (Å²) in [7, 11) is 0. The molecule has 35 heavy (non-hydrogen) atoms. The van der Waals surface area contributed by atoms with Crippen molar-refractivity contribution in [2.75, 3.05) is 26.3 Å². The minimum absolute atomic E-state index is 0.0982. The van der Waals surface area contributed by atoms with Crippen molar-refractivity contribution in [1.29, 1.82) is 0 Å². The van der Waals surface area contributed by atoms with Gasteiger partial charge in [-0.2, -0.15) is 0 Å². The first-order chi connectivity index (χ1) is 17.1. The first kappa shape index (κ1) is 22.7. The molecule has 0 spiro atoms. The molecule has 0 radical (unpaired) electrons. The van der Waals surface area contributed by atoms with E-state index in [0.29, 0.717) is 53.3 Å². The van der Waals surface area contributed by atoms with E-state index in [0.717, 1.165) is 22.8 Å². The van der Waals surface area contributed by atoms with Crippen LogP contribution in [-0.2, 0) is 9.53 Å². The molecule has 1 N–H and O–H groups in total. The van der Waals surface area contributed by atoms with E-state index >= 15 is 0 Å². The number of H-pyrrole nitrogens is 1. The van der Waals surface area contributed by atoms with E-state index in [1.54, 1.807) is 41.6 Å². The molecule has 1 fully saturated rings. The number of imidazole rings is 1. The van der Waals surface area contributed by atoms with Gasteiger partial charge in [0.1, 0.15) is 5.82 Å². The summed E-state index contributed by atoms with van der Waals surface area (Å²) in [6, 6.07) is 14.0. The largest absolute Gasteiger partial charge is 0.378 e. The van der Waals surface area contributed by atoms with Crippen LogP contribution in [0.25, 0.3) is 22.7 Å². The van der Waals surface area contributed by atoms with E-state index in [-0.39, 0.29) is 11.6 Å². The van der Waals surface area contributed by atoms with Gasteiger partial charge in [0, 0.05) is 31.5 Å². The number of nitrogens with zero attached hydrogens (tertiary/aromatic N) is 5. The second-order valence-corrected chi connectivity index (χ2v) is 8.69. The van der Waals surface area contributed by atoms with Crippen molar-refractivity contribution in [2.45, 2.75) is 10.1 Å². The van der Waals surface area contributed by atoms with Crippen molar-refractivity contribution >= 4 is 46.0 Å². The van der Waals surface area contributed by atoms with E-state index in [9.17, 15) is 14.9 Å². The zero-order chi connectivity index (χ0) is 24.2. The van der Waals surface area contributed by atoms with Gasteiger partial charge in [-0.15, -0.1) is 0 Å². The lowest BCUT2D eigenvalue weighted by molar-refractivity contribution is -0.387. The predicted molar refractivity (Wildman–Crippen MR) is 131 cm³/mol. The molecule has 0 unspecified atom stereocenters. The third-order valence-electron chi connectivity index (χ3n) is 5.41. The Morgan fingerprint density at radius 2 is 1.89 bits per heavy atom. The number of nitro groups is 1. The Bertz CT molecular complexity index is 1380. The van der Waals surface area contributed by atoms with Gasteiger partial charge in [-0.05, 0) is 47.7 Å². The summed E-state index contributed by atoms with van der Waals surface area (Å²) in [5.74, 6) is 0.188. The van der Waals surface area contributed by atoms with Crippen LogP contribution < -0.4 is 0 Å². The number of hydrogen-bond acceptors (Lipinski definition) is 8. The van der Waals surface area contributed by atoms with Gasteiger partial charge in [0.25, 0.3) is 11.6 Å². The van der Waals surface area contributed by atoms with Crippen LogP contribution in [0.3, 0.4) is 0 Å². The Labute approximate surface area is 204 Å². The number of ether oxygens (including phenoxy) is 1. The number of aromatic nitrogens is 4. The monoisotopic (exact) mass is 488 g/mol. The van der Waals surface area contributed by atoms with Crippen LogP contribution in [0.5, 0.6) is 0 Å². The number of nitrogens with one attached hydrogen (secondary N) is 1. The molecule has 1 saturated heterocycles. The van der Waals surface area contributed by atoms with Gasteiger partial charge in [-0.1, -0.05) is 18.2 Å². The maximum Gasteiger partial charge on any atom is 0.283 e. The molecule has 0 bridgehead atoms. The van der Waals surface area contributed by atoms with E-state index in [4.69, 9.17) is 4.74 Å². The van der Waals surface area contributed by atoms with E-state index < -0.39 is 4.92 Å². The molecular formula is C24H20N6O4S. The van der Waals surface area contributed by atoms with Crippen LogP contribution >= 0.6 is 11.8 Å². The average molecular weight is 489 g/mol. The number of aromatic amines is 1. The summed E-state index contributed by atoms with van der Waals surface area (Å²) in [5.41, 5.74) is 2.25. The summed E-state index contributed by atoms with van der Waals surface area (Å²) < 4.78 is 5.38. The predicted octanol–water partition coefficient (Wildman–Crippen LogP) is 3.81. The molecule has 11 heteroatoms. The summed E-state index contributed by atoms with van der Waals surface area (Å²) in [6.07, 6.45) is 4.79. The minimum Gasteiger partial charge on any atom is -0.378 e. The van der Waals surface area contributed by atoms with E-state index in [1.165, 1.54) is 6.07 Å². The molecule has 0 aliphatic carbocycles. The van der Waals surface area contributed by atoms with Crippen LogP contribution in [-0.4, -0.2) is 62.0 Å². The fourth-order valence-corrected chi connectivity index (χ4v) is 4.50. The molecule has 2 aromatic carbocycles. The minimum atomic E-state index is -0.451. The van der Waals surface area contributed by atoms with Crippen molar-refractivity contribution in [3.63, 3.8) is 0 Å². The number of hydrogen-bond donors (Lipinski definition) is 1. The molecule has 0 atom stereocenters. The first-order valence-electron chi connectivity index (χ1n) is 10.9. The number of benzene rings is 2. The quantitative estimate of drug-likeness (QED) is 0.188. The number of morpholine rings is 1. The molecule has 1 amide bonds. The van der Waals surface area contributed by atoms with Gasteiger partial charge >= 0.3 is 0 Å². The van der Waals surface area contributed by atoms with Crippen LogP contribution in [0.4, 0.5) is 5.69 Å². The van der Waals surface area contributed by atoms with E-state index in [1.807, 2.05) is 24.3 Å². The van der Waals surface area contributed by atoms with Crippen LogP contribution in [0, 0.1) is 10.1 Å². The maximum absolute atomic E-state index is 13.5. The van der Waals surface area contributed by atoms with Gasteiger partial charge in [0.2, 0.25) is 0 Å². The number of carbonyl (C=O) groups is 1. The fourth-order valence-electron chi connectivity index (χ4n) is 3.70. The van der Waals surface area contributed by atoms with Crippen LogP contribution in [0.1, 0.15) is 11.4 Å². The highest BCUT2D eigenvalue weighted by molar-refractivity contribution is 7.99. The molecular weight excluding hydrogens is 468 g/mol. The molecule has 1 aliphatic rings. The maximum atomic E-state index is 13.5. The third kappa shape index (κ3) is 5.05. The standard InChI is InChI=1S/C24H20N6O4S/c31-23(29-10-12-34-13-11-29)17(22-27-18-4-1-2-5-19(18)28-22)14-16-6-7-21(20(15-16)30(32)33)35-24-25-8-3-9-26-24/h1-9,14-15H,10-13H2,(H,27,28)/b17-14+. The van der Waals surface area contributed by atoms with Gasteiger partial charge in [-0.3, -0.25) is 14.9 Å². The Balaban J connectivity index is 1.56. The van der Waals surface area contributed by atoms with Crippen molar-refractivity contribution < 1.29 is 14.5 Å². The van der Waals surface area contributed by atoms with Crippen molar-refractivity contribution in [3.05, 3.63) is 82.4 Å². The van der Waals surface area contributed by atoms with Gasteiger partial charge in [0.15, 0.2) is 5.16 Å². The Morgan fingerprint density at radius 3 is 2.63 bits per heavy atom. The van der Waals surface area contributed by atoms with Crippen LogP contribution in [0.2, 0.25) is 0 Å². The Kier molecular flexibility index (Phi) is 6.51. The lowest BCUT2D eigenvalue weighted by atomic mass is 10.1. The summed E-state index contributed by atoms with van der Waals surface area (Å²) in [4.78, 5) is 43.0. The number of rotatable bonds is 6. The summed E-state index contributed by atoms with van der Waals surface area (Å²) in [6.45, 7) is 1.84. The fraction of sp³-hybridized carbons (Fsp3) is 0.167. The molecule has 5 rings (SSSR count). The third-order valence-corrected chi connectivity index (χ3v) is 6.37. The topological polar surface area (TPSA) is 127 Å². The summed E-state index contributed by atoms with van der Waals surface area (Å²) >= 11 is 1.11. The number of amides is 1. The van der Waals surface area contributed by atoms with Gasteiger partial charge in [-0.25, -0.2) is 15.0 Å².